The van der Waals surface area contributed by atoms with Gasteiger partial charge in [0.2, 0.25) is 0 Å². The first-order valence-corrected chi connectivity index (χ1v) is 8.64. The van der Waals surface area contributed by atoms with Gasteiger partial charge in [-0.15, -0.1) is 5.10 Å². The van der Waals surface area contributed by atoms with Crippen molar-refractivity contribution < 1.29 is 0 Å². The van der Waals surface area contributed by atoms with Crippen molar-refractivity contribution in [3.05, 3.63) is 63.7 Å². The van der Waals surface area contributed by atoms with Crippen LogP contribution in [0.2, 0.25) is 0 Å². The van der Waals surface area contributed by atoms with E-state index in [9.17, 15) is 4.79 Å². The van der Waals surface area contributed by atoms with Crippen LogP contribution in [0, 0.1) is 13.8 Å². The maximum absolute atomic E-state index is 12.4. The van der Waals surface area contributed by atoms with E-state index < -0.39 is 0 Å². The quantitative estimate of drug-likeness (QED) is 0.521. The van der Waals surface area contributed by atoms with Gasteiger partial charge in [-0.2, -0.15) is 9.50 Å². The molecule has 0 spiro atoms. The van der Waals surface area contributed by atoms with E-state index >= 15 is 0 Å². The van der Waals surface area contributed by atoms with Gasteiger partial charge >= 0.3 is 0 Å². The molecule has 9 heteroatoms. The predicted octanol–water partition coefficient (Wildman–Crippen LogP) is 1.41. The Kier molecular flexibility index (Phi) is 3.30. The molecule has 0 bridgehead atoms. The van der Waals surface area contributed by atoms with Crippen LogP contribution in [-0.2, 0) is 12.8 Å². The average molecular weight is 360 g/mol. The lowest BCUT2D eigenvalue weighted by Gasteiger charge is -1.99. The molecule has 0 aliphatic rings. The Hall–Kier alpha value is -3.62. The van der Waals surface area contributed by atoms with Gasteiger partial charge in [-0.05, 0) is 38.5 Å². The number of hydrogen-bond acceptors (Lipinski definition) is 6. The van der Waals surface area contributed by atoms with Gasteiger partial charge in [0.05, 0.1) is 5.39 Å². The lowest BCUT2D eigenvalue weighted by molar-refractivity contribution is 0.798. The number of aromatic nitrogens is 8. The van der Waals surface area contributed by atoms with Gasteiger partial charge in [0, 0.05) is 35.8 Å². The van der Waals surface area contributed by atoms with Crippen molar-refractivity contribution in [2.75, 3.05) is 0 Å². The molecule has 134 valence electrons. The van der Waals surface area contributed by atoms with Gasteiger partial charge < -0.3 is 0 Å². The van der Waals surface area contributed by atoms with E-state index in [2.05, 4.69) is 30.1 Å². The third-order valence-electron chi connectivity index (χ3n) is 4.51. The first-order valence-electron chi connectivity index (χ1n) is 8.64. The molecule has 0 atom stereocenters. The summed E-state index contributed by atoms with van der Waals surface area (Å²) in [6.07, 6.45) is 2.81. The van der Waals surface area contributed by atoms with Gasteiger partial charge in [-0.3, -0.25) is 9.89 Å². The number of fused-ring (bicyclic) bond motifs is 4. The van der Waals surface area contributed by atoms with E-state index in [0.29, 0.717) is 41.4 Å². The number of rotatable bonds is 3. The Bertz CT molecular complexity index is 1380. The molecular formula is C18H16N8O. The van der Waals surface area contributed by atoms with Crippen LogP contribution < -0.4 is 5.56 Å². The molecular weight excluding hydrogens is 344 g/mol. The van der Waals surface area contributed by atoms with Crippen molar-refractivity contribution >= 4 is 22.5 Å². The highest BCUT2D eigenvalue weighted by atomic mass is 16.1. The smallest absolute Gasteiger partial charge is 0.272 e. The van der Waals surface area contributed by atoms with E-state index in [1.807, 2.05) is 32.0 Å². The Balaban J connectivity index is 1.50. The van der Waals surface area contributed by atoms with Crippen LogP contribution in [0.15, 0.2) is 35.3 Å². The van der Waals surface area contributed by atoms with E-state index in [1.165, 1.54) is 10.6 Å². The van der Waals surface area contributed by atoms with Gasteiger partial charge in [-0.1, -0.05) is 0 Å². The summed E-state index contributed by atoms with van der Waals surface area (Å²) in [7, 11) is 0. The molecule has 0 amide bonds. The lowest BCUT2D eigenvalue weighted by Crippen LogP contribution is -2.15. The molecule has 5 aromatic rings. The minimum absolute atomic E-state index is 0.163. The van der Waals surface area contributed by atoms with Crippen molar-refractivity contribution in [3.8, 4) is 0 Å². The molecule has 0 saturated heterocycles. The topological polar surface area (TPSA) is 106 Å². The van der Waals surface area contributed by atoms with Crippen molar-refractivity contribution in [2.24, 2.45) is 0 Å². The molecule has 0 aromatic carbocycles. The van der Waals surface area contributed by atoms with Gasteiger partial charge in [0.25, 0.3) is 11.3 Å². The predicted molar refractivity (Wildman–Crippen MR) is 98.8 cm³/mol. The van der Waals surface area contributed by atoms with E-state index in [1.54, 1.807) is 10.7 Å². The van der Waals surface area contributed by atoms with E-state index in [4.69, 9.17) is 0 Å². The minimum atomic E-state index is -0.163. The maximum atomic E-state index is 12.4. The third kappa shape index (κ3) is 2.55. The van der Waals surface area contributed by atoms with Gasteiger partial charge in [-0.25, -0.2) is 19.5 Å². The number of nitrogens with zero attached hydrogens (tertiary/aromatic N) is 7. The second-order valence-corrected chi connectivity index (χ2v) is 6.53. The molecule has 1 N–H and O–H groups in total. The lowest BCUT2D eigenvalue weighted by atomic mass is 10.2. The van der Waals surface area contributed by atoms with Crippen LogP contribution in [0.1, 0.15) is 22.9 Å². The summed E-state index contributed by atoms with van der Waals surface area (Å²) < 4.78 is 3.15. The molecule has 27 heavy (non-hydrogen) atoms. The summed E-state index contributed by atoms with van der Waals surface area (Å²) in [5.74, 6) is 1.27. The Morgan fingerprint density at radius 1 is 1.11 bits per heavy atom. The Morgan fingerprint density at radius 3 is 2.89 bits per heavy atom. The van der Waals surface area contributed by atoms with Crippen LogP contribution >= 0.6 is 0 Å². The number of H-pyrrole nitrogens is 1. The van der Waals surface area contributed by atoms with Crippen LogP contribution in [-0.4, -0.2) is 39.2 Å². The second-order valence-electron chi connectivity index (χ2n) is 6.53. The zero-order chi connectivity index (χ0) is 18.5. The van der Waals surface area contributed by atoms with Crippen molar-refractivity contribution in [3.63, 3.8) is 0 Å². The molecule has 5 aromatic heterocycles. The number of hydrogen-bond donors (Lipinski definition) is 1. The van der Waals surface area contributed by atoms with Gasteiger partial charge in [0.15, 0.2) is 17.1 Å². The summed E-state index contributed by atoms with van der Waals surface area (Å²) in [5.41, 5.74) is 3.65. The Morgan fingerprint density at radius 2 is 2.00 bits per heavy atom. The number of aryl methyl sites for hydroxylation is 4. The summed E-state index contributed by atoms with van der Waals surface area (Å²) in [4.78, 5) is 30.2. The normalized spacial score (nSPS) is 11.8. The van der Waals surface area contributed by atoms with Crippen molar-refractivity contribution in [1.29, 1.82) is 0 Å². The monoisotopic (exact) mass is 360 g/mol. The minimum Gasteiger partial charge on any atom is -0.272 e. The summed E-state index contributed by atoms with van der Waals surface area (Å²) in [6, 6.07) is 7.22. The fourth-order valence-corrected chi connectivity index (χ4v) is 3.28. The Labute approximate surface area is 152 Å². The standard InChI is InChI=1S/C18H16N8O/c1-10-8-11(2)25-18(20-10)22-14(23-25)6-5-12-9-15(27)26-17(21-12)13-4-3-7-19-16(13)24-26/h3-4,7-9H,5-6H2,1-2H3,(H,19,24). The van der Waals surface area contributed by atoms with Crippen LogP contribution in [0.4, 0.5) is 0 Å². The molecule has 5 heterocycles. The average Bonchev–Trinajstić information content (AvgIpc) is 3.22. The highest BCUT2D eigenvalue weighted by Gasteiger charge is 2.12. The molecule has 9 nitrogen and oxygen atoms in total. The summed E-state index contributed by atoms with van der Waals surface area (Å²) in [6.45, 7) is 3.91. The van der Waals surface area contributed by atoms with Crippen molar-refractivity contribution in [2.45, 2.75) is 26.7 Å². The summed E-state index contributed by atoms with van der Waals surface area (Å²) in [5, 5.41) is 8.30. The van der Waals surface area contributed by atoms with Crippen LogP contribution in [0.5, 0.6) is 0 Å². The first kappa shape index (κ1) is 15.6. The molecule has 0 radical (unpaired) electrons. The molecule has 0 saturated carbocycles. The van der Waals surface area contributed by atoms with Crippen LogP contribution in [0.25, 0.3) is 22.5 Å². The van der Waals surface area contributed by atoms with E-state index in [0.717, 1.165) is 16.8 Å². The van der Waals surface area contributed by atoms with Crippen LogP contribution in [0.3, 0.4) is 0 Å². The van der Waals surface area contributed by atoms with Crippen molar-refractivity contribution in [1.82, 2.24) is 39.2 Å². The molecule has 5 rings (SSSR count). The molecule has 0 fully saturated rings. The third-order valence-corrected chi connectivity index (χ3v) is 4.51. The number of nitrogens with one attached hydrogen (secondary N) is 1. The molecule has 0 unspecified atom stereocenters. The molecule has 0 aliphatic carbocycles. The molecule has 0 aliphatic heterocycles. The number of aromatic amines is 1. The van der Waals surface area contributed by atoms with E-state index in [-0.39, 0.29) is 5.56 Å². The maximum Gasteiger partial charge on any atom is 0.272 e. The van der Waals surface area contributed by atoms with Gasteiger partial charge in [0.1, 0.15) is 0 Å². The number of pyridine rings is 1. The highest BCUT2D eigenvalue weighted by Crippen LogP contribution is 2.14. The summed E-state index contributed by atoms with van der Waals surface area (Å²) >= 11 is 0. The first-order chi connectivity index (χ1) is 13.1. The zero-order valence-electron chi connectivity index (χ0n) is 14.8. The fourth-order valence-electron chi connectivity index (χ4n) is 3.28. The zero-order valence-corrected chi connectivity index (χ0v) is 14.8. The largest absolute Gasteiger partial charge is 0.272 e. The SMILES string of the molecule is Cc1cc(C)n2nc(CCc3cc(=O)n4[nH]c5ncccc5c4n3)nc2n1. The second kappa shape index (κ2) is 5.70. The highest BCUT2D eigenvalue weighted by molar-refractivity contribution is 5.89. The fraction of sp³-hybridized carbons (Fsp3) is 0.222.